The Labute approximate surface area is 162 Å². The summed E-state index contributed by atoms with van der Waals surface area (Å²) < 4.78 is 17.0. The molecule has 1 fully saturated rings. The van der Waals surface area contributed by atoms with Gasteiger partial charge in [0, 0.05) is 12.6 Å². The highest BCUT2D eigenvalue weighted by atomic mass is 19.1. The van der Waals surface area contributed by atoms with Crippen molar-refractivity contribution in [1.29, 1.82) is 0 Å². The number of rotatable bonds is 3. The number of imidazole rings is 1. The van der Waals surface area contributed by atoms with E-state index >= 15 is 0 Å². The molecule has 142 valence electrons. The van der Waals surface area contributed by atoms with Crippen LogP contribution in [0, 0.1) is 5.82 Å². The van der Waals surface area contributed by atoms with Crippen LogP contribution in [-0.2, 0) is 0 Å². The van der Waals surface area contributed by atoms with Crippen LogP contribution in [0.25, 0.3) is 21.9 Å². The van der Waals surface area contributed by atoms with Gasteiger partial charge in [-0.15, -0.1) is 0 Å². The smallest absolute Gasteiger partial charge is 0.143 e. The number of para-hydroxylation sites is 2. The fourth-order valence-electron chi connectivity index (χ4n) is 4.40. The minimum atomic E-state index is -0.281. The molecule has 28 heavy (non-hydrogen) atoms. The summed E-state index contributed by atoms with van der Waals surface area (Å²) in [4.78, 5) is 15.9. The van der Waals surface area contributed by atoms with Crippen LogP contribution in [0.2, 0.25) is 0 Å². The Morgan fingerprint density at radius 2 is 1.86 bits per heavy atom. The topological polar surface area (TPSA) is 46.8 Å². The molecule has 4 aromatic rings. The molecule has 0 unspecified atom stereocenters. The summed E-state index contributed by atoms with van der Waals surface area (Å²) in [6.07, 6.45) is 3.51. The van der Waals surface area contributed by atoms with Crippen LogP contribution >= 0.6 is 0 Å². The number of anilines is 1. The highest BCUT2D eigenvalue weighted by Crippen LogP contribution is 2.39. The summed E-state index contributed by atoms with van der Waals surface area (Å²) in [6, 6.07) is 13.6. The van der Waals surface area contributed by atoms with E-state index in [1.165, 1.54) is 12.4 Å². The van der Waals surface area contributed by atoms with Crippen molar-refractivity contribution in [3.63, 3.8) is 0 Å². The number of fused-ring (bicyclic) bond motifs is 2. The van der Waals surface area contributed by atoms with Crippen LogP contribution in [0.5, 0.6) is 0 Å². The number of halogens is 1. The Kier molecular flexibility index (Phi) is 4.00. The van der Waals surface area contributed by atoms with Gasteiger partial charge in [0.05, 0.1) is 28.0 Å². The monoisotopic (exact) mass is 375 g/mol. The second-order valence-corrected chi connectivity index (χ2v) is 7.61. The predicted molar refractivity (Wildman–Crippen MR) is 109 cm³/mol. The summed E-state index contributed by atoms with van der Waals surface area (Å²) in [5.41, 5.74) is 2.77. The molecular weight excluding hydrogens is 353 g/mol. The molecule has 1 aliphatic rings. The number of nitrogens with zero attached hydrogens (tertiary/aromatic N) is 5. The van der Waals surface area contributed by atoms with Crippen molar-refractivity contribution < 1.29 is 4.39 Å². The van der Waals surface area contributed by atoms with Gasteiger partial charge in [0.25, 0.3) is 0 Å². The molecular formula is C22H22FN5. The number of benzene rings is 2. The van der Waals surface area contributed by atoms with E-state index in [0.717, 1.165) is 36.2 Å². The molecule has 1 aliphatic heterocycles. The SMILES string of the molecule is CC(C)n1c([C@H]2CCCN2c2ncnc3cccc(F)c23)nc2ccccc21. The Bertz CT molecular complexity index is 1160. The number of aromatic nitrogens is 4. The van der Waals surface area contributed by atoms with Crippen LogP contribution in [0.4, 0.5) is 10.2 Å². The van der Waals surface area contributed by atoms with E-state index in [0.29, 0.717) is 16.7 Å². The van der Waals surface area contributed by atoms with Gasteiger partial charge in [0.2, 0.25) is 0 Å². The van der Waals surface area contributed by atoms with Gasteiger partial charge in [-0.25, -0.2) is 19.3 Å². The zero-order valence-corrected chi connectivity index (χ0v) is 16.0. The van der Waals surface area contributed by atoms with E-state index < -0.39 is 0 Å². The Morgan fingerprint density at radius 1 is 1.04 bits per heavy atom. The van der Waals surface area contributed by atoms with E-state index in [1.54, 1.807) is 6.07 Å². The maximum atomic E-state index is 14.7. The molecule has 1 atom stereocenters. The van der Waals surface area contributed by atoms with Crippen molar-refractivity contribution in [3.8, 4) is 0 Å². The van der Waals surface area contributed by atoms with Crippen LogP contribution in [-0.4, -0.2) is 26.1 Å². The molecule has 0 spiro atoms. The predicted octanol–water partition coefficient (Wildman–Crippen LogP) is 5.04. The van der Waals surface area contributed by atoms with Crippen LogP contribution in [0.1, 0.15) is 44.6 Å². The largest absolute Gasteiger partial charge is 0.346 e. The fraction of sp³-hybridized carbons (Fsp3) is 0.318. The standard InChI is InChI=1S/C22H22FN5/c1-14(2)28-18-10-4-3-8-16(18)26-21(28)19-11-6-12-27(19)22-20-15(23)7-5-9-17(20)24-13-25-22/h3-5,7-10,13-14,19H,6,11-12H2,1-2H3/t19-/m1/s1. The lowest BCUT2D eigenvalue weighted by Gasteiger charge is -2.28. The van der Waals surface area contributed by atoms with Crippen molar-refractivity contribution in [3.05, 3.63) is 60.4 Å². The second-order valence-electron chi connectivity index (χ2n) is 7.61. The molecule has 6 heteroatoms. The molecule has 0 bridgehead atoms. The van der Waals surface area contributed by atoms with Gasteiger partial charge < -0.3 is 9.47 Å². The third-order valence-corrected chi connectivity index (χ3v) is 5.55. The van der Waals surface area contributed by atoms with Gasteiger partial charge in [0.1, 0.15) is 23.8 Å². The quantitative estimate of drug-likeness (QED) is 0.503. The number of hydrogen-bond acceptors (Lipinski definition) is 4. The van der Waals surface area contributed by atoms with Gasteiger partial charge in [-0.1, -0.05) is 18.2 Å². The average Bonchev–Trinajstić information content (AvgIpc) is 3.32. The van der Waals surface area contributed by atoms with E-state index in [9.17, 15) is 4.39 Å². The Morgan fingerprint density at radius 3 is 2.71 bits per heavy atom. The molecule has 0 saturated carbocycles. The summed E-state index contributed by atoms with van der Waals surface area (Å²) in [6.45, 7) is 5.18. The maximum Gasteiger partial charge on any atom is 0.143 e. The summed E-state index contributed by atoms with van der Waals surface area (Å²) in [7, 11) is 0. The van der Waals surface area contributed by atoms with Crippen molar-refractivity contribution >= 4 is 27.8 Å². The molecule has 5 nitrogen and oxygen atoms in total. The molecule has 5 rings (SSSR count). The summed E-state index contributed by atoms with van der Waals surface area (Å²) in [5.74, 6) is 1.40. The molecule has 0 radical (unpaired) electrons. The van der Waals surface area contributed by atoms with Crippen molar-refractivity contribution in [2.24, 2.45) is 0 Å². The van der Waals surface area contributed by atoms with Crippen LogP contribution in [0.3, 0.4) is 0 Å². The van der Waals surface area contributed by atoms with Gasteiger partial charge in [0.15, 0.2) is 0 Å². The second kappa shape index (κ2) is 6.55. The lowest BCUT2D eigenvalue weighted by molar-refractivity contribution is 0.539. The minimum Gasteiger partial charge on any atom is -0.346 e. The molecule has 2 aromatic heterocycles. The van der Waals surface area contributed by atoms with Crippen LogP contribution in [0.15, 0.2) is 48.8 Å². The first-order valence-electron chi connectivity index (χ1n) is 9.78. The third-order valence-electron chi connectivity index (χ3n) is 5.55. The summed E-state index contributed by atoms with van der Waals surface area (Å²) in [5, 5.41) is 0.490. The maximum absolute atomic E-state index is 14.7. The summed E-state index contributed by atoms with van der Waals surface area (Å²) >= 11 is 0. The first-order valence-corrected chi connectivity index (χ1v) is 9.78. The normalized spacial score (nSPS) is 17.3. The lowest BCUT2D eigenvalue weighted by Crippen LogP contribution is -2.27. The molecule has 0 amide bonds. The van der Waals surface area contributed by atoms with Crippen LogP contribution < -0.4 is 4.90 Å². The number of hydrogen-bond donors (Lipinski definition) is 0. The lowest BCUT2D eigenvalue weighted by atomic mass is 10.1. The Balaban J connectivity index is 1.69. The highest BCUT2D eigenvalue weighted by Gasteiger charge is 2.33. The average molecular weight is 375 g/mol. The van der Waals surface area contributed by atoms with E-state index in [2.05, 4.69) is 45.4 Å². The molecule has 1 saturated heterocycles. The van der Waals surface area contributed by atoms with Gasteiger partial charge in [-0.3, -0.25) is 0 Å². The van der Waals surface area contributed by atoms with Crippen molar-refractivity contribution in [2.75, 3.05) is 11.4 Å². The van der Waals surface area contributed by atoms with Gasteiger partial charge in [-0.05, 0) is 51.0 Å². The molecule has 3 heterocycles. The van der Waals surface area contributed by atoms with Gasteiger partial charge >= 0.3 is 0 Å². The Hall–Kier alpha value is -3.02. The highest BCUT2D eigenvalue weighted by molar-refractivity contribution is 5.90. The first kappa shape index (κ1) is 17.1. The van der Waals surface area contributed by atoms with Gasteiger partial charge in [-0.2, -0.15) is 0 Å². The minimum absolute atomic E-state index is 0.0625. The van der Waals surface area contributed by atoms with Crippen molar-refractivity contribution in [1.82, 2.24) is 19.5 Å². The molecule has 0 aliphatic carbocycles. The van der Waals surface area contributed by atoms with Crippen molar-refractivity contribution in [2.45, 2.75) is 38.8 Å². The molecule has 0 N–H and O–H groups in total. The zero-order valence-electron chi connectivity index (χ0n) is 16.0. The zero-order chi connectivity index (χ0) is 19.3. The van der Waals surface area contributed by atoms with E-state index in [-0.39, 0.29) is 17.9 Å². The first-order chi connectivity index (χ1) is 13.6. The van der Waals surface area contributed by atoms with E-state index in [4.69, 9.17) is 4.98 Å². The third kappa shape index (κ3) is 2.55. The molecule has 2 aromatic carbocycles. The van der Waals surface area contributed by atoms with E-state index in [1.807, 2.05) is 18.2 Å². The fourth-order valence-corrected chi connectivity index (χ4v) is 4.40.